The van der Waals surface area contributed by atoms with Crippen molar-refractivity contribution in [3.8, 4) is 17.1 Å². The molecule has 0 aliphatic carbocycles. The summed E-state index contributed by atoms with van der Waals surface area (Å²) in [6.45, 7) is 4.70. The van der Waals surface area contributed by atoms with E-state index >= 15 is 0 Å². The molecule has 0 amide bonds. The molecule has 0 fully saturated rings. The lowest BCUT2D eigenvalue weighted by Crippen LogP contribution is -2.07. The number of hydrogen-bond acceptors (Lipinski definition) is 6. The molecule has 0 unspecified atom stereocenters. The smallest absolute Gasteiger partial charge is 0.205 e. The molecule has 2 aromatic heterocycles. The van der Waals surface area contributed by atoms with E-state index in [1.807, 2.05) is 47.0 Å². The number of benzene rings is 2. The van der Waals surface area contributed by atoms with E-state index in [-0.39, 0.29) is 0 Å². The van der Waals surface area contributed by atoms with Gasteiger partial charge in [0.25, 0.3) is 0 Å². The van der Waals surface area contributed by atoms with Gasteiger partial charge in [-0.05, 0) is 24.3 Å². The van der Waals surface area contributed by atoms with Crippen molar-refractivity contribution in [3.05, 3.63) is 90.2 Å². The normalized spacial score (nSPS) is 10.8. The molecule has 0 aliphatic rings. The van der Waals surface area contributed by atoms with Gasteiger partial charge in [-0.3, -0.25) is 4.57 Å². The average Bonchev–Trinajstić information content (AvgIpc) is 3.40. The van der Waals surface area contributed by atoms with Gasteiger partial charge >= 0.3 is 0 Å². The number of allylic oxidation sites excluding steroid dienone is 1. The molecule has 4 aromatic rings. The monoisotopic (exact) mass is 438 g/mol. The topological polar surface area (TPSA) is 66.0 Å². The molecule has 0 N–H and O–H groups in total. The second-order valence-electron chi connectivity index (χ2n) is 6.31. The molecule has 0 atom stereocenters. The third-order valence-electron chi connectivity index (χ3n) is 4.22. The number of hydrogen-bond donors (Lipinski definition) is 0. The van der Waals surface area contributed by atoms with Crippen LogP contribution in [-0.2, 0) is 18.9 Å². The molecule has 0 spiro atoms. The van der Waals surface area contributed by atoms with Crippen molar-refractivity contribution in [3.63, 3.8) is 0 Å². The van der Waals surface area contributed by atoms with Crippen LogP contribution in [0.1, 0.15) is 11.7 Å². The van der Waals surface area contributed by atoms with E-state index < -0.39 is 0 Å². The van der Waals surface area contributed by atoms with Gasteiger partial charge in [0.1, 0.15) is 12.4 Å². The first-order valence-corrected chi connectivity index (χ1v) is 10.6. The van der Waals surface area contributed by atoms with Crippen molar-refractivity contribution >= 4 is 23.4 Å². The Bertz CT molecular complexity index is 1110. The number of aromatic nitrogens is 4. The van der Waals surface area contributed by atoms with E-state index in [4.69, 9.17) is 20.8 Å². The number of ether oxygens (including phenoxy) is 1. The summed E-state index contributed by atoms with van der Waals surface area (Å²) in [6.07, 6.45) is 3.54. The van der Waals surface area contributed by atoms with Gasteiger partial charge in [0, 0.05) is 17.1 Å². The number of thioether (sulfide) groups is 1. The fourth-order valence-corrected chi connectivity index (χ4v) is 3.71. The zero-order valence-electron chi connectivity index (χ0n) is 16.1. The van der Waals surface area contributed by atoms with Gasteiger partial charge in [-0.15, -0.1) is 16.8 Å². The largest absolute Gasteiger partial charge is 0.486 e. The Labute approximate surface area is 183 Å². The molecule has 6 nitrogen and oxygen atoms in total. The quantitative estimate of drug-likeness (QED) is 0.249. The number of rotatable bonds is 9. The lowest BCUT2D eigenvalue weighted by Gasteiger charge is -2.09. The molecule has 0 saturated heterocycles. The molecule has 0 radical (unpaired) electrons. The third kappa shape index (κ3) is 4.93. The van der Waals surface area contributed by atoms with Gasteiger partial charge in [0.15, 0.2) is 16.7 Å². The summed E-state index contributed by atoms with van der Waals surface area (Å²) in [4.78, 5) is 4.37. The number of halogens is 1. The maximum Gasteiger partial charge on any atom is 0.205 e. The van der Waals surface area contributed by atoms with Crippen LogP contribution in [0.3, 0.4) is 0 Å². The summed E-state index contributed by atoms with van der Waals surface area (Å²) in [5, 5.41) is 9.99. The standard InChI is InChI=1S/C22H19ClN4O2S/c1-2-12-27-20(14-28-18-10-8-17(23)9-11-18)25-26-22(27)30-15-21-24-13-19(29-21)16-6-4-3-5-7-16/h2-11,13H,1,12,14-15H2. The first-order valence-electron chi connectivity index (χ1n) is 9.27. The van der Waals surface area contributed by atoms with Gasteiger partial charge < -0.3 is 9.15 Å². The summed E-state index contributed by atoms with van der Waals surface area (Å²) in [7, 11) is 0. The molecule has 0 aliphatic heterocycles. The fourth-order valence-electron chi connectivity index (χ4n) is 2.76. The lowest BCUT2D eigenvalue weighted by molar-refractivity contribution is 0.289. The Kier molecular flexibility index (Phi) is 6.51. The molecular weight excluding hydrogens is 420 g/mol. The van der Waals surface area contributed by atoms with Crippen LogP contribution in [0.25, 0.3) is 11.3 Å². The number of nitrogens with zero attached hydrogens (tertiary/aromatic N) is 4. The molecule has 0 saturated carbocycles. The molecule has 8 heteroatoms. The summed E-state index contributed by atoms with van der Waals surface area (Å²) in [6, 6.07) is 17.1. The van der Waals surface area contributed by atoms with E-state index in [9.17, 15) is 0 Å². The maximum absolute atomic E-state index is 5.91. The van der Waals surface area contributed by atoms with Crippen LogP contribution in [0.2, 0.25) is 5.02 Å². The average molecular weight is 439 g/mol. The van der Waals surface area contributed by atoms with Crippen LogP contribution in [-0.4, -0.2) is 19.7 Å². The SMILES string of the molecule is C=CCn1c(COc2ccc(Cl)cc2)nnc1SCc1ncc(-c2ccccc2)o1. The first kappa shape index (κ1) is 20.3. The molecule has 0 bridgehead atoms. The molecule has 2 heterocycles. The van der Waals surface area contributed by atoms with Crippen LogP contribution in [0, 0.1) is 0 Å². The van der Waals surface area contributed by atoms with Crippen molar-refractivity contribution in [1.82, 2.24) is 19.7 Å². The van der Waals surface area contributed by atoms with E-state index in [0.717, 1.165) is 22.2 Å². The van der Waals surface area contributed by atoms with Gasteiger partial charge in [0.2, 0.25) is 5.89 Å². The Morgan fingerprint density at radius 3 is 2.67 bits per heavy atom. The summed E-state index contributed by atoms with van der Waals surface area (Å²) in [5.74, 6) is 3.35. The van der Waals surface area contributed by atoms with Crippen molar-refractivity contribution in [1.29, 1.82) is 0 Å². The lowest BCUT2D eigenvalue weighted by atomic mass is 10.2. The Morgan fingerprint density at radius 1 is 1.10 bits per heavy atom. The molecule has 30 heavy (non-hydrogen) atoms. The van der Waals surface area contributed by atoms with Crippen molar-refractivity contribution in [2.45, 2.75) is 24.1 Å². The molecule has 152 valence electrons. The van der Waals surface area contributed by atoms with Gasteiger partial charge in [-0.1, -0.05) is 59.8 Å². The van der Waals surface area contributed by atoms with Crippen molar-refractivity contribution in [2.24, 2.45) is 0 Å². The highest BCUT2D eigenvalue weighted by Gasteiger charge is 2.14. The minimum Gasteiger partial charge on any atom is -0.486 e. The second kappa shape index (κ2) is 9.65. The van der Waals surface area contributed by atoms with Crippen molar-refractivity contribution in [2.75, 3.05) is 0 Å². The Hall–Kier alpha value is -3.03. The van der Waals surface area contributed by atoms with Gasteiger partial charge in [0.05, 0.1) is 11.9 Å². The highest BCUT2D eigenvalue weighted by molar-refractivity contribution is 7.98. The second-order valence-corrected chi connectivity index (χ2v) is 7.69. The minimum atomic E-state index is 0.292. The van der Waals surface area contributed by atoms with E-state index in [1.54, 1.807) is 24.4 Å². The Morgan fingerprint density at radius 2 is 1.90 bits per heavy atom. The predicted molar refractivity (Wildman–Crippen MR) is 118 cm³/mol. The van der Waals surface area contributed by atoms with Crippen molar-refractivity contribution < 1.29 is 9.15 Å². The first-order chi connectivity index (χ1) is 14.7. The predicted octanol–water partition coefficient (Wildman–Crippen LogP) is 5.64. The summed E-state index contributed by atoms with van der Waals surface area (Å²) >= 11 is 7.42. The zero-order chi connectivity index (χ0) is 20.8. The van der Waals surface area contributed by atoms with Crippen LogP contribution in [0.5, 0.6) is 5.75 Å². The van der Waals surface area contributed by atoms with E-state index in [2.05, 4.69) is 21.8 Å². The van der Waals surface area contributed by atoms with Crippen LogP contribution in [0.15, 0.2) is 83.0 Å². The fraction of sp³-hybridized carbons (Fsp3) is 0.136. The van der Waals surface area contributed by atoms with Crippen LogP contribution in [0.4, 0.5) is 0 Å². The van der Waals surface area contributed by atoms with Crippen LogP contribution < -0.4 is 4.74 Å². The van der Waals surface area contributed by atoms with E-state index in [1.165, 1.54) is 11.8 Å². The molecular formula is C22H19ClN4O2S. The molecule has 2 aromatic carbocycles. The summed E-state index contributed by atoms with van der Waals surface area (Å²) < 4.78 is 13.6. The highest BCUT2D eigenvalue weighted by Crippen LogP contribution is 2.26. The maximum atomic E-state index is 5.91. The summed E-state index contributed by atoms with van der Waals surface area (Å²) in [5.41, 5.74) is 0.998. The molecule has 4 rings (SSSR count). The third-order valence-corrected chi connectivity index (χ3v) is 5.43. The number of oxazole rings is 1. The zero-order valence-corrected chi connectivity index (χ0v) is 17.6. The highest BCUT2D eigenvalue weighted by atomic mass is 35.5. The van der Waals surface area contributed by atoms with Crippen LogP contribution >= 0.6 is 23.4 Å². The van der Waals surface area contributed by atoms with Gasteiger partial charge in [-0.2, -0.15) is 0 Å². The van der Waals surface area contributed by atoms with E-state index in [0.29, 0.717) is 35.6 Å². The van der Waals surface area contributed by atoms with Gasteiger partial charge in [-0.25, -0.2) is 4.98 Å². The Balaban J connectivity index is 1.42. The minimum absolute atomic E-state index is 0.292.